The summed E-state index contributed by atoms with van der Waals surface area (Å²) in [6.45, 7) is 3.95. The van der Waals surface area contributed by atoms with Crippen LogP contribution in [0.5, 0.6) is 5.75 Å². The van der Waals surface area contributed by atoms with Gasteiger partial charge in [-0.1, -0.05) is 23.8 Å². The van der Waals surface area contributed by atoms with Gasteiger partial charge in [-0.3, -0.25) is 0 Å². The van der Waals surface area contributed by atoms with Crippen LogP contribution >= 0.6 is 0 Å². The third kappa shape index (κ3) is 2.95. The molecule has 0 fully saturated rings. The molecule has 2 aromatic rings. The van der Waals surface area contributed by atoms with Crippen LogP contribution in [0.1, 0.15) is 28.4 Å². The zero-order valence-corrected chi connectivity index (χ0v) is 13.6. The standard InChI is InChI=1S/C19H21F2NO/c1-12-4-5-14-10-19(21,11-22-3)18(16(14)8-12)23-17-7-6-15(20)9-13(17)2/h4-9,18,22H,10-11H2,1-3H3. The molecule has 2 aromatic carbocycles. The van der Waals surface area contributed by atoms with Crippen LogP contribution in [-0.4, -0.2) is 19.3 Å². The zero-order valence-electron chi connectivity index (χ0n) is 13.6. The van der Waals surface area contributed by atoms with Crippen molar-refractivity contribution in [2.24, 2.45) is 0 Å². The number of halogens is 2. The summed E-state index contributed by atoms with van der Waals surface area (Å²) in [6.07, 6.45) is -0.386. The van der Waals surface area contributed by atoms with Gasteiger partial charge in [-0.15, -0.1) is 0 Å². The van der Waals surface area contributed by atoms with Crippen LogP contribution in [0.25, 0.3) is 0 Å². The highest BCUT2D eigenvalue weighted by atomic mass is 19.1. The average Bonchev–Trinajstić information content (AvgIpc) is 2.74. The van der Waals surface area contributed by atoms with Crippen LogP contribution in [-0.2, 0) is 6.42 Å². The number of fused-ring (bicyclic) bond motifs is 1. The molecule has 1 aliphatic rings. The predicted octanol–water partition coefficient (Wildman–Crippen LogP) is 4.05. The Morgan fingerprint density at radius 1 is 1.22 bits per heavy atom. The molecule has 1 aliphatic carbocycles. The van der Waals surface area contributed by atoms with E-state index in [4.69, 9.17) is 4.74 Å². The van der Waals surface area contributed by atoms with E-state index in [-0.39, 0.29) is 12.4 Å². The van der Waals surface area contributed by atoms with Crippen molar-refractivity contribution in [2.75, 3.05) is 13.6 Å². The van der Waals surface area contributed by atoms with E-state index in [1.54, 1.807) is 20.0 Å². The van der Waals surface area contributed by atoms with Gasteiger partial charge in [0.15, 0.2) is 11.8 Å². The Hall–Kier alpha value is -1.94. The van der Waals surface area contributed by atoms with Crippen molar-refractivity contribution in [3.8, 4) is 5.75 Å². The van der Waals surface area contributed by atoms with Gasteiger partial charge in [0.1, 0.15) is 11.6 Å². The topological polar surface area (TPSA) is 21.3 Å². The number of rotatable bonds is 4. The average molecular weight is 317 g/mol. The number of alkyl halides is 1. The maximum Gasteiger partial charge on any atom is 0.168 e. The fourth-order valence-corrected chi connectivity index (χ4v) is 3.30. The second kappa shape index (κ2) is 5.93. The van der Waals surface area contributed by atoms with Gasteiger partial charge in [-0.2, -0.15) is 0 Å². The lowest BCUT2D eigenvalue weighted by molar-refractivity contribution is 0.0227. The number of nitrogens with one attached hydrogen (secondary N) is 1. The maximum atomic E-state index is 15.5. The van der Waals surface area contributed by atoms with Crippen molar-refractivity contribution in [3.05, 3.63) is 64.5 Å². The molecule has 3 rings (SSSR count). The Bertz CT molecular complexity index is 731. The molecule has 1 N–H and O–H groups in total. The van der Waals surface area contributed by atoms with Crippen LogP contribution in [0.4, 0.5) is 8.78 Å². The minimum Gasteiger partial charge on any atom is -0.482 e. The lowest BCUT2D eigenvalue weighted by Gasteiger charge is -2.29. The van der Waals surface area contributed by atoms with Gasteiger partial charge in [-0.05, 0) is 55.8 Å². The Morgan fingerprint density at radius 3 is 2.70 bits per heavy atom. The lowest BCUT2D eigenvalue weighted by Crippen LogP contribution is -2.41. The minimum absolute atomic E-state index is 0.200. The number of aryl methyl sites for hydroxylation is 2. The Balaban J connectivity index is 2.01. The van der Waals surface area contributed by atoms with Crippen LogP contribution < -0.4 is 10.1 Å². The molecule has 2 nitrogen and oxygen atoms in total. The summed E-state index contributed by atoms with van der Waals surface area (Å²) in [6, 6.07) is 10.2. The van der Waals surface area contributed by atoms with E-state index in [2.05, 4.69) is 5.32 Å². The van der Waals surface area contributed by atoms with Gasteiger partial charge < -0.3 is 10.1 Å². The van der Waals surface area contributed by atoms with E-state index < -0.39 is 11.8 Å². The van der Waals surface area contributed by atoms with Crippen LogP contribution in [0.15, 0.2) is 36.4 Å². The van der Waals surface area contributed by atoms with Crippen molar-refractivity contribution < 1.29 is 13.5 Å². The highest BCUT2D eigenvalue weighted by Crippen LogP contribution is 2.45. The summed E-state index contributed by atoms with van der Waals surface area (Å²) in [5, 5.41) is 2.92. The summed E-state index contributed by atoms with van der Waals surface area (Å²) >= 11 is 0. The summed E-state index contributed by atoms with van der Waals surface area (Å²) in [5.41, 5.74) is 2.07. The number of hydrogen-bond acceptors (Lipinski definition) is 2. The summed E-state index contributed by atoms with van der Waals surface area (Å²) in [5.74, 6) is 0.197. The van der Waals surface area contributed by atoms with Crippen molar-refractivity contribution in [1.82, 2.24) is 5.32 Å². The SMILES string of the molecule is CNCC1(F)Cc2ccc(C)cc2C1Oc1ccc(F)cc1C. The molecule has 4 heteroatoms. The minimum atomic E-state index is -1.52. The van der Waals surface area contributed by atoms with Gasteiger partial charge in [0.2, 0.25) is 0 Å². The molecule has 0 aromatic heterocycles. The molecule has 23 heavy (non-hydrogen) atoms. The van der Waals surface area contributed by atoms with E-state index in [1.165, 1.54) is 12.1 Å². The van der Waals surface area contributed by atoms with Crippen LogP contribution in [0, 0.1) is 19.7 Å². The predicted molar refractivity (Wildman–Crippen MR) is 87.2 cm³/mol. The second-order valence-electron chi connectivity index (χ2n) is 6.35. The smallest absolute Gasteiger partial charge is 0.168 e. The molecule has 0 saturated heterocycles. The molecule has 0 radical (unpaired) electrons. The molecule has 0 bridgehead atoms. The molecule has 122 valence electrons. The van der Waals surface area contributed by atoms with Crippen molar-refractivity contribution in [3.63, 3.8) is 0 Å². The molecule has 0 spiro atoms. The van der Waals surface area contributed by atoms with Crippen molar-refractivity contribution in [1.29, 1.82) is 0 Å². The van der Waals surface area contributed by atoms with E-state index in [0.29, 0.717) is 17.7 Å². The van der Waals surface area contributed by atoms with Gasteiger partial charge in [0.05, 0.1) is 0 Å². The fourth-order valence-electron chi connectivity index (χ4n) is 3.30. The van der Waals surface area contributed by atoms with Crippen molar-refractivity contribution >= 4 is 0 Å². The summed E-state index contributed by atoms with van der Waals surface area (Å²) in [4.78, 5) is 0. The van der Waals surface area contributed by atoms with E-state index in [1.807, 2.05) is 25.1 Å². The summed E-state index contributed by atoms with van der Waals surface area (Å²) < 4.78 is 34.9. The summed E-state index contributed by atoms with van der Waals surface area (Å²) in [7, 11) is 1.73. The van der Waals surface area contributed by atoms with E-state index in [9.17, 15) is 4.39 Å². The molecule has 0 amide bonds. The lowest BCUT2D eigenvalue weighted by atomic mass is 9.99. The molecule has 0 aliphatic heterocycles. The fraction of sp³-hybridized carbons (Fsp3) is 0.368. The molecule has 2 atom stereocenters. The van der Waals surface area contributed by atoms with Gasteiger partial charge in [0.25, 0.3) is 0 Å². The third-order valence-corrected chi connectivity index (χ3v) is 4.39. The first kappa shape index (κ1) is 15.9. The first-order valence-corrected chi connectivity index (χ1v) is 7.79. The van der Waals surface area contributed by atoms with Crippen LogP contribution in [0.3, 0.4) is 0 Å². The highest BCUT2D eigenvalue weighted by molar-refractivity contribution is 5.43. The monoisotopic (exact) mass is 317 g/mol. The number of ether oxygens (including phenoxy) is 1. The molecular formula is C19H21F2NO. The first-order valence-electron chi connectivity index (χ1n) is 7.79. The van der Waals surface area contributed by atoms with Crippen molar-refractivity contribution in [2.45, 2.75) is 32.0 Å². The molecule has 0 heterocycles. The zero-order chi connectivity index (χ0) is 16.6. The second-order valence-corrected chi connectivity index (χ2v) is 6.35. The van der Waals surface area contributed by atoms with Crippen LogP contribution in [0.2, 0.25) is 0 Å². The Labute approximate surface area is 135 Å². The van der Waals surface area contributed by atoms with E-state index >= 15 is 4.39 Å². The molecule has 0 saturated carbocycles. The Kier molecular flexibility index (Phi) is 4.11. The van der Waals surface area contributed by atoms with E-state index in [0.717, 1.165) is 16.7 Å². The van der Waals surface area contributed by atoms with Gasteiger partial charge in [0, 0.05) is 13.0 Å². The Morgan fingerprint density at radius 2 is 2.00 bits per heavy atom. The maximum absolute atomic E-state index is 15.5. The first-order chi connectivity index (χ1) is 10.9. The largest absolute Gasteiger partial charge is 0.482 e. The van der Waals surface area contributed by atoms with Gasteiger partial charge >= 0.3 is 0 Å². The van der Waals surface area contributed by atoms with Gasteiger partial charge in [-0.25, -0.2) is 8.78 Å². The normalized spacial score (nSPS) is 22.9. The third-order valence-electron chi connectivity index (χ3n) is 4.39. The quantitative estimate of drug-likeness (QED) is 0.918. The molecule has 2 unspecified atom stereocenters. The highest BCUT2D eigenvalue weighted by Gasteiger charge is 2.48. The number of benzene rings is 2. The molecular weight excluding hydrogens is 296 g/mol. The number of hydrogen-bond donors (Lipinski definition) is 1.